The monoisotopic (exact) mass is 358 g/mol. The number of likely N-dealkylation sites (tertiary alicyclic amines) is 1. The summed E-state index contributed by atoms with van der Waals surface area (Å²) in [7, 11) is 0. The van der Waals surface area contributed by atoms with E-state index in [1.54, 1.807) is 6.20 Å². The summed E-state index contributed by atoms with van der Waals surface area (Å²) in [6, 6.07) is 16.5. The fourth-order valence-corrected chi connectivity index (χ4v) is 4.34. The van der Waals surface area contributed by atoms with E-state index >= 15 is 0 Å². The van der Waals surface area contributed by atoms with Crippen LogP contribution in [-0.4, -0.2) is 33.4 Å². The van der Waals surface area contributed by atoms with Gasteiger partial charge in [0.2, 0.25) is 0 Å². The molecule has 1 N–H and O–H groups in total. The van der Waals surface area contributed by atoms with Gasteiger partial charge in [0.1, 0.15) is 0 Å². The number of carbonyl (C=O) groups is 1. The third-order valence-corrected chi connectivity index (χ3v) is 5.84. The number of piperidine rings is 1. The van der Waals surface area contributed by atoms with E-state index in [1.807, 2.05) is 24.0 Å². The highest BCUT2D eigenvalue weighted by molar-refractivity contribution is 5.94. The standard InChI is InChI=1S/C22H22N4O/c1-16-8-9-17(15-23-16)21(27)25-13-10-22(11-14-25)20-7-4-12-26(20)19-6-3-2-5-18(19)24-22/h2-9,12,15,24H,10-11,13-14H2,1H3. The van der Waals surface area contributed by atoms with Gasteiger partial charge < -0.3 is 14.8 Å². The van der Waals surface area contributed by atoms with Crippen LogP contribution in [0.4, 0.5) is 5.69 Å². The number of aryl methyl sites for hydroxylation is 1. The van der Waals surface area contributed by atoms with Crippen molar-refractivity contribution in [1.29, 1.82) is 0 Å². The van der Waals surface area contributed by atoms with Crippen LogP contribution in [0.1, 0.15) is 34.6 Å². The van der Waals surface area contributed by atoms with Crippen molar-refractivity contribution < 1.29 is 4.79 Å². The molecule has 2 aliphatic heterocycles. The summed E-state index contributed by atoms with van der Waals surface area (Å²) in [5, 5.41) is 3.79. The summed E-state index contributed by atoms with van der Waals surface area (Å²) in [5.74, 6) is 0.0731. The number of para-hydroxylation sites is 2. The molecule has 4 heterocycles. The van der Waals surface area contributed by atoms with Crippen LogP contribution in [0.5, 0.6) is 0 Å². The predicted octanol–water partition coefficient (Wildman–Crippen LogP) is 3.74. The van der Waals surface area contributed by atoms with Crippen LogP contribution < -0.4 is 5.32 Å². The fourth-order valence-electron chi connectivity index (χ4n) is 4.34. The minimum atomic E-state index is -0.125. The molecule has 2 aliphatic rings. The van der Waals surface area contributed by atoms with Crippen molar-refractivity contribution in [3.63, 3.8) is 0 Å². The number of hydrogen-bond acceptors (Lipinski definition) is 3. The van der Waals surface area contributed by atoms with Crippen LogP contribution in [-0.2, 0) is 5.54 Å². The van der Waals surface area contributed by atoms with Gasteiger partial charge in [-0.2, -0.15) is 0 Å². The van der Waals surface area contributed by atoms with Gasteiger partial charge in [-0.15, -0.1) is 0 Å². The van der Waals surface area contributed by atoms with Gasteiger partial charge in [0.15, 0.2) is 0 Å². The van der Waals surface area contributed by atoms with E-state index in [-0.39, 0.29) is 11.4 Å². The third-order valence-electron chi connectivity index (χ3n) is 5.84. The number of aromatic nitrogens is 2. The van der Waals surface area contributed by atoms with Crippen LogP contribution in [0, 0.1) is 6.92 Å². The average molecular weight is 358 g/mol. The number of hydrogen-bond donors (Lipinski definition) is 1. The van der Waals surface area contributed by atoms with E-state index in [1.165, 1.54) is 11.4 Å². The van der Waals surface area contributed by atoms with Crippen LogP contribution in [0.2, 0.25) is 0 Å². The Hall–Kier alpha value is -3.08. The third kappa shape index (κ3) is 2.53. The number of nitrogens with zero attached hydrogens (tertiary/aromatic N) is 3. The van der Waals surface area contributed by atoms with Gasteiger partial charge in [-0.3, -0.25) is 9.78 Å². The second-order valence-electron chi connectivity index (χ2n) is 7.47. The molecule has 1 spiro atoms. The van der Waals surface area contributed by atoms with Crippen molar-refractivity contribution in [2.75, 3.05) is 18.4 Å². The molecule has 0 unspecified atom stereocenters. The van der Waals surface area contributed by atoms with Crippen molar-refractivity contribution in [1.82, 2.24) is 14.5 Å². The lowest BCUT2D eigenvalue weighted by Crippen LogP contribution is -2.51. The van der Waals surface area contributed by atoms with Gasteiger partial charge in [-0.1, -0.05) is 12.1 Å². The Morgan fingerprint density at radius 1 is 1.07 bits per heavy atom. The summed E-state index contributed by atoms with van der Waals surface area (Å²) < 4.78 is 2.28. The maximum atomic E-state index is 12.8. The number of nitrogens with one attached hydrogen (secondary N) is 1. The molecule has 0 aliphatic carbocycles. The van der Waals surface area contributed by atoms with Gasteiger partial charge in [0.05, 0.1) is 22.5 Å². The van der Waals surface area contributed by atoms with Gasteiger partial charge in [-0.25, -0.2) is 0 Å². The molecular formula is C22H22N4O. The Kier molecular flexibility index (Phi) is 3.57. The van der Waals surface area contributed by atoms with Crippen LogP contribution in [0.15, 0.2) is 60.9 Å². The molecule has 1 saturated heterocycles. The number of anilines is 1. The van der Waals surface area contributed by atoms with E-state index in [2.05, 4.69) is 57.5 Å². The van der Waals surface area contributed by atoms with Crippen molar-refractivity contribution in [2.24, 2.45) is 0 Å². The highest BCUT2D eigenvalue weighted by atomic mass is 16.2. The summed E-state index contributed by atoms with van der Waals surface area (Å²) in [4.78, 5) is 19.1. The van der Waals surface area contributed by atoms with Gasteiger partial charge in [0.25, 0.3) is 5.91 Å². The number of amides is 1. The maximum Gasteiger partial charge on any atom is 0.255 e. The zero-order chi connectivity index (χ0) is 18.4. The molecular weight excluding hydrogens is 336 g/mol. The maximum absolute atomic E-state index is 12.8. The molecule has 1 fully saturated rings. The van der Waals surface area contributed by atoms with Crippen LogP contribution in [0.3, 0.4) is 0 Å². The second kappa shape index (κ2) is 5.98. The van der Waals surface area contributed by atoms with E-state index in [4.69, 9.17) is 0 Å². The molecule has 0 bridgehead atoms. The Morgan fingerprint density at radius 2 is 1.89 bits per heavy atom. The second-order valence-corrected chi connectivity index (χ2v) is 7.47. The molecule has 2 aromatic heterocycles. The Labute approximate surface area is 158 Å². The fraction of sp³-hybridized carbons (Fsp3) is 0.273. The first-order valence-electron chi connectivity index (χ1n) is 9.44. The summed E-state index contributed by atoms with van der Waals surface area (Å²) in [5.41, 5.74) is 5.10. The molecule has 0 atom stereocenters. The molecule has 27 heavy (non-hydrogen) atoms. The molecule has 5 nitrogen and oxygen atoms in total. The number of fused-ring (bicyclic) bond motifs is 4. The molecule has 5 heteroatoms. The molecule has 0 radical (unpaired) electrons. The topological polar surface area (TPSA) is 50.2 Å². The minimum absolute atomic E-state index is 0.0731. The van der Waals surface area contributed by atoms with Gasteiger partial charge in [0, 0.05) is 36.9 Å². The normalized spacial score (nSPS) is 17.1. The first-order valence-corrected chi connectivity index (χ1v) is 9.44. The van der Waals surface area contributed by atoms with Crippen LogP contribution in [0.25, 0.3) is 5.69 Å². The lowest BCUT2D eigenvalue weighted by atomic mass is 9.82. The zero-order valence-corrected chi connectivity index (χ0v) is 15.4. The van der Waals surface area contributed by atoms with Crippen molar-refractivity contribution in [3.05, 3.63) is 77.9 Å². The molecule has 5 rings (SSSR count). The number of carbonyl (C=O) groups excluding carboxylic acids is 1. The summed E-state index contributed by atoms with van der Waals surface area (Å²) in [6.07, 6.45) is 5.58. The van der Waals surface area contributed by atoms with E-state index < -0.39 is 0 Å². The van der Waals surface area contributed by atoms with Crippen LogP contribution >= 0.6 is 0 Å². The first-order chi connectivity index (χ1) is 13.2. The van der Waals surface area contributed by atoms with E-state index in [0.717, 1.165) is 37.3 Å². The Bertz CT molecular complexity index is 997. The summed E-state index contributed by atoms with van der Waals surface area (Å²) in [6.45, 7) is 3.39. The highest BCUT2D eigenvalue weighted by Gasteiger charge is 2.42. The highest BCUT2D eigenvalue weighted by Crippen LogP contribution is 2.43. The number of benzene rings is 1. The molecule has 136 valence electrons. The van der Waals surface area contributed by atoms with Gasteiger partial charge in [-0.05, 0) is 56.2 Å². The quantitative estimate of drug-likeness (QED) is 0.721. The first kappa shape index (κ1) is 16.1. The van der Waals surface area contributed by atoms with Crippen molar-refractivity contribution in [3.8, 4) is 5.69 Å². The molecule has 1 aromatic carbocycles. The van der Waals surface area contributed by atoms with Gasteiger partial charge >= 0.3 is 0 Å². The van der Waals surface area contributed by atoms with Crippen molar-refractivity contribution in [2.45, 2.75) is 25.3 Å². The average Bonchev–Trinajstić information content (AvgIpc) is 3.20. The lowest BCUT2D eigenvalue weighted by Gasteiger charge is -2.46. The molecule has 0 saturated carbocycles. The smallest absolute Gasteiger partial charge is 0.255 e. The summed E-state index contributed by atoms with van der Waals surface area (Å²) >= 11 is 0. The largest absolute Gasteiger partial charge is 0.372 e. The van der Waals surface area contributed by atoms with Crippen molar-refractivity contribution >= 4 is 11.6 Å². The van der Waals surface area contributed by atoms with E-state index in [0.29, 0.717) is 5.56 Å². The molecule has 3 aromatic rings. The zero-order valence-electron chi connectivity index (χ0n) is 15.4. The Balaban J connectivity index is 1.40. The number of pyridine rings is 1. The van der Waals surface area contributed by atoms with E-state index in [9.17, 15) is 4.79 Å². The SMILES string of the molecule is Cc1ccc(C(=O)N2CCC3(CC2)Nc2ccccc2-n2cccc23)cn1. The minimum Gasteiger partial charge on any atom is -0.372 e. The molecule has 1 amide bonds. The predicted molar refractivity (Wildman–Crippen MR) is 105 cm³/mol. The number of rotatable bonds is 1. The Morgan fingerprint density at radius 3 is 2.67 bits per heavy atom. The lowest BCUT2D eigenvalue weighted by molar-refractivity contribution is 0.0676.